The molecule has 35 heavy (non-hydrogen) atoms. The molecule has 0 aromatic heterocycles. The fraction of sp³-hybridized carbons (Fsp3) is 0.200. The number of hydrogen-bond donors (Lipinski definition) is 1. The molecule has 182 valence electrons. The number of anilines is 3. The first-order valence-corrected chi connectivity index (χ1v) is 12.7. The van der Waals surface area contributed by atoms with Crippen molar-refractivity contribution in [3.05, 3.63) is 77.8 Å². The van der Waals surface area contributed by atoms with Crippen molar-refractivity contribution in [3.8, 4) is 5.75 Å². The Labute approximate surface area is 209 Å². The summed E-state index contributed by atoms with van der Waals surface area (Å²) in [6.45, 7) is 0.198. The van der Waals surface area contributed by atoms with Gasteiger partial charge in [-0.3, -0.25) is 13.9 Å². The first-order chi connectivity index (χ1) is 16.8. The van der Waals surface area contributed by atoms with E-state index in [0.29, 0.717) is 29.4 Å². The molecule has 1 aliphatic rings. The molecule has 0 spiro atoms. The predicted octanol–water partition coefficient (Wildman–Crippen LogP) is 4.31. The number of halogens is 1. The van der Waals surface area contributed by atoms with E-state index in [1.165, 1.54) is 37.4 Å². The predicted molar refractivity (Wildman–Crippen MR) is 136 cm³/mol. The summed E-state index contributed by atoms with van der Waals surface area (Å²) in [6, 6.07) is 19.1. The molecule has 8 nitrogen and oxygen atoms in total. The van der Waals surface area contributed by atoms with Crippen LogP contribution in [0.3, 0.4) is 0 Å². The lowest BCUT2D eigenvalue weighted by atomic mass is 10.2. The van der Waals surface area contributed by atoms with Gasteiger partial charge in [0.15, 0.2) is 0 Å². The normalized spacial score (nSPS) is 13.5. The molecule has 0 bridgehead atoms. The Morgan fingerprint density at radius 2 is 1.80 bits per heavy atom. The SMILES string of the molecule is COc1ccc(S(=O)(=O)N(CC(=O)Nc2ccc(N3CCCC3=O)cc2)c2cccc(Cl)c2)cc1. The van der Waals surface area contributed by atoms with Crippen LogP contribution in [0, 0.1) is 0 Å². The second kappa shape index (κ2) is 10.4. The number of carbonyl (C=O) groups is 2. The van der Waals surface area contributed by atoms with E-state index < -0.39 is 22.5 Å². The minimum atomic E-state index is -4.09. The first kappa shape index (κ1) is 24.6. The summed E-state index contributed by atoms with van der Waals surface area (Å²) in [5.41, 5.74) is 1.50. The maximum absolute atomic E-state index is 13.5. The Kier molecular flexibility index (Phi) is 7.28. The van der Waals surface area contributed by atoms with Crippen LogP contribution in [0.2, 0.25) is 5.02 Å². The largest absolute Gasteiger partial charge is 0.497 e. The highest BCUT2D eigenvalue weighted by atomic mass is 35.5. The van der Waals surface area contributed by atoms with E-state index in [0.717, 1.165) is 16.4 Å². The van der Waals surface area contributed by atoms with Gasteiger partial charge in [0.25, 0.3) is 10.0 Å². The Balaban J connectivity index is 1.56. The summed E-state index contributed by atoms with van der Waals surface area (Å²) in [5.74, 6) is 0.0461. The monoisotopic (exact) mass is 513 g/mol. The van der Waals surface area contributed by atoms with E-state index in [2.05, 4.69) is 5.32 Å². The van der Waals surface area contributed by atoms with Gasteiger partial charge in [0, 0.05) is 29.4 Å². The van der Waals surface area contributed by atoms with Crippen LogP contribution in [0.5, 0.6) is 5.75 Å². The summed E-state index contributed by atoms with van der Waals surface area (Å²) in [7, 11) is -2.61. The van der Waals surface area contributed by atoms with Crippen LogP contribution < -0.4 is 19.3 Å². The van der Waals surface area contributed by atoms with Crippen LogP contribution in [0.1, 0.15) is 12.8 Å². The van der Waals surface area contributed by atoms with Gasteiger partial charge in [0.1, 0.15) is 12.3 Å². The average Bonchev–Trinajstić information content (AvgIpc) is 3.28. The number of benzene rings is 3. The average molecular weight is 514 g/mol. The summed E-state index contributed by atoms with van der Waals surface area (Å²) in [6.07, 6.45) is 1.35. The van der Waals surface area contributed by atoms with Crippen molar-refractivity contribution in [1.82, 2.24) is 0 Å². The fourth-order valence-electron chi connectivity index (χ4n) is 3.80. The number of carbonyl (C=O) groups excluding carboxylic acids is 2. The topological polar surface area (TPSA) is 96.0 Å². The fourth-order valence-corrected chi connectivity index (χ4v) is 5.40. The maximum atomic E-state index is 13.5. The Morgan fingerprint density at radius 1 is 1.09 bits per heavy atom. The number of amides is 2. The van der Waals surface area contributed by atoms with E-state index in [1.807, 2.05) is 0 Å². The van der Waals surface area contributed by atoms with E-state index in [1.54, 1.807) is 47.4 Å². The van der Waals surface area contributed by atoms with Gasteiger partial charge in [0.2, 0.25) is 11.8 Å². The molecular formula is C25H24ClN3O5S. The third-order valence-electron chi connectivity index (χ3n) is 5.57. The zero-order valence-corrected chi connectivity index (χ0v) is 20.6. The van der Waals surface area contributed by atoms with E-state index >= 15 is 0 Å². The Bertz CT molecular complexity index is 1330. The van der Waals surface area contributed by atoms with Crippen molar-refractivity contribution in [2.45, 2.75) is 17.7 Å². The van der Waals surface area contributed by atoms with Crippen LogP contribution in [0.15, 0.2) is 77.7 Å². The molecular weight excluding hydrogens is 490 g/mol. The van der Waals surface area contributed by atoms with Gasteiger partial charge in [-0.15, -0.1) is 0 Å². The van der Waals surface area contributed by atoms with Crippen molar-refractivity contribution in [1.29, 1.82) is 0 Å². The minimum absolute atomic E-state index is 0.00529. The summed E-state index contributed by atoms with van der Waals surface area (Å²) >= 11 is 6.10. The van der Waals surface area contributed by atoms with E-state index in [4.69, 9.17) is 16.3 Å². The highest BCUT2D eigenvalue weighted by Gasteiger charge is 2.28. The van der Waals surface area contributed by atoms with E-state index in [-0.39, 0.29) is 16.5 Å². The van der Waals surface area contributed by atoms with Gasteiger partial charge in [0.05, 0.1) is 17.7 Å². The molecule has 0 aliphatic carbocycles. The van der Waals surface area contributed by atoms with Crippen LogP contribution in [-0.2, 0) is 19.6 Å². The molecule has 1 N–H and O–H groups in total. The van der Waals surface area contributed by atoms with Crippen molar-refractivity contribution >= 4 is 50.5 Å². The number of ether oxygens (including phenoxy) is 1. The molecule has 1 aliphatic heterocycles. The van der Waals surface area contributed by atoms with E-state index in [9.17, 15) is 18.0 Å². The second-order valence-corrected chi connectivity index (χ2v) is 10.2. The van der Waals surface area contributed by atoms with Gasteiger partial charge in [-0.05, 0) is 73.2 Å². The maximum Gasteiger partial charge on any atom is 0.264 e. The summed E-state index contributed by atoms with van der Waals surface area (Å²) in [4.78, 5) is 26.6. The lowest BCUT2D eigenvalue weighted by molar-refractivity contribution is -0.117. The molecule has 3 aromatic carbocycles. The number of nitrogens with zero attached hydrogens (tertiary/aromatic N) is 2. The highest BCUT2D eigenvalue weighted by Crippen LogP contribution is 2.28. The third kappa shape index (κ3) is 5.58. The second-order valence-electron chi connectivity index (χ2n) is 7.91. The molecule has 0 radical (unpaired) electrons. The van der Waals surface area contributed by atoms with Crippen molar-refractivity contribution in [2.75, 3.05) is 34.7 Å². The molecule has 1 fully saturated rings. The molecule has 2 amide bonds. The molecule has 1 saturated heterocycles. The zero-order valence-electron chi connectivity index (χ0n) is 19.0. The molecule has 0 unspecified atom stereocenters. The quantitative estimate of drug-likeness (QED) is 0.484. The van der Waals surface area contributed by atoms with Crippen molar-refractivity contribution in [2.24, 2.45) is 0 Å². The van der Waals surface area contributed by atoms with Crippen molar-refractivity contribution < 1.29 is 22.7 Å². The Morgan fingerprint density at radius 3 is 2.40 bits per heavy atom. The number of sulfonamides is 1. The van der Waals surface area contributed by atoms with Crippen LogP contribution in [0.25, 0.3) is 0 Å². The smallest absolute Gasteiger partial charge is 0.264 e. The van der Waals surface area contributed by atoms with Gasteiger partial charge >= 0.3 is 0 Å². The minimum Gasteiger partial charge on any atom is -0.497 e. The standard InChI is InChI=1S/C25H24ClN3O5S/c1-34-22-11-13-23(14-12-22)35(32,33)29(21-5-2-4-18(26)16-21)17-24(30)27-19-7-9-20(10-8-19)28-15-3-6-25(28)31/h2,4-5,7-14,16H,3,6,15,17H2,1H3,(H,27,30). The van der Waals surface area contributed by atoms with Gasteiger partial charge in [-0.1, -0.05) is 17.7 Å². The molecule has 1 heterocycles. The first-order valence-electron chi connectivity index (χ1n) is 10.9. The van der Waals surface area contributed by atoms with Crippen LogP contribution >= 0.6 is 11.6 Å². The summed E-state index contributed by atoms with van der Waals surface area (Å²) < 4.78 is 33.1. The molecule has 10 heteroatoms. The number of rotatable bonds is 8. The van der Waals surface area contributed by atoms with Crippen LogP contribution in [-0.4, -0.2) is 40.4 Å². The molecule has 3 aromatic rings. The van der Waals surface area contributed by atoms with Gasteiger partial charge in [-0.25, -0.2) is 8.42 Å². The summed E-state index contributed by atoms with van der Waals surface area (Å²) in [5, 5.41) is 3.06. The lowest BCUT2D eigenvalue weighted by Crippen LogP contribution is -2.38. The Hall–Kier alpha value is -3.56. The molecule has 4 rings (SSSR count). The van der Waals surface area contributed by atoms with Crippen LogP contribution in [0.4, 0.5) is 17.1 Å². The number of hydrogen-bond acceptors (Lipinski definition) is 5. The third-order valence-corrected chi connectivity index (χ3v) is 7.59. The van der Waals surface area contributed by atoms with Gasteiger partial charge < -0.3 is 15.0 Å². The molecule has 0 atom stereocenters. The lowest BCUT2D eigenvalue weighted by Gasteiger charge is -2.24. The highest BCUT2D eigenvalue weighted by molar-refractivity contribution is 7.92. The molecule has 0 saturated carbocycles. The zero-order chi connectivity index (χ0) is 25.0. The van der Waals surface area contributed by atoms with Gasteiger partial charge in [-0.2, -0.15) is 0 Å². The number of methoxy groups -OCH3 is 1. The van der Waals surface area contributed by atoms with Crippen molar-refractivity contribution in [3.63, 3.8) is 0 Å². The number of nitrogens with one attached hydrogen (secondary N) is 1.